The molecule has 3 nitrogen and oxygen atoms in total. The first-order valence-electron chi connectivity index (χ1n) is 11.7. The highest BCUT2D eigenvalue weighted by Gasteiger charge is 2.36. The molecule has 4 heteroatoms. The number of carbonyl (C=O) groups excluding carboxylic acids is 1. The Hall–Kier alpha value is -1.58. The number of ether oxygens (including phenoxy) is 2. The molecule has 0 amide bonds. The lowest BCUT2D eigenvalue weighted by atomic mass is 9.78. The minimum Gasteiger partial charge on any atom is -0.490 e. The van der Waals surface area contributed by atoms with Gasteiger partial charge in [-0.25, -0.2) is 9.18 Å². The number of carbonyl (C=O) groups is 1. The van der Waals surface area contributed by atoms with Crippen LogP contribution in [-0.4, -0.2) is 18.7 Å². The van der Waals surface area contributed by atoms with E-state index in [2.05, 4.69) is 13.8 Å². The lowest BCUT2D eigenvalue weighted by Crippen LogP contribution is -2.36. The minimum atomic E-state index is -0.537. The van der Waals surface area contributed by atoms with Crippen LogP contribution in [0.5, 0.6) is 5.75 Å². The quantitative estimate of drug-likeness (QED) is 0.540. The Kier molecular flexibility index (Phi) is 6.46. The van der Waals surface area contributed by atoms with Gasteiger partial charge in [0.05, 0.1) is 6.61 Å². The lowest BCUT2D eigenvalue weighted by Gasteiger charge is -2.35. The summed E-state index contributed by atoms with van der Waals surface area (Å²) in [4.78, 5) is 12.6. The number of benzene rings is 1. The zero-order chi connectivity index (χ0) is 20.4. The van der Waals surface area contributed by atoms with Gasteiger partial charge in [-0.05, 0) is 61.0 Å². The van der Waals surface area contributed by atoms with E-state index in [1.54, 1.807) is 6.07 Å². The molecule has 0 aromatic heterocycles. The monoisotopic (exact) mass is 402 g/mol. The van der Waals surface area contributed by atoms with Gasteiger partial charge in [0.15, 0.2) is 11.6 Å². The Morgan fingerprint density at radius 2 is 1.72 bits per heavy atom. The Balaban J connectivity index is 1.39. The van der Waals surface area contributed by atoms with Crippen LogP contribution in [0.2, 0.25) is 0 Å². The number of rotatable bonds is 5. The van der Waals surface area contributed by atoms with E-state index in [1.165, 1.54) is 32.1 Å². The molecular weight excluding hydrogens is 367 g/mol. The van der Waals surface area contributed by atoms with E-state index in [9.17, 15) is 4.79 Å². The summed E-state index contributed by atoms with van der Waals surface area (Å²) in [7, 11) is 0. The number of halogens is 1. The van der Waals surface area contributed by atoms with E-state index in [0.29, 0.717) is 24.9 Å². The normalized spacial score (nSPS) is 32.4. The van der Waals surface area contributed by atoms with E-state index < -0.39 is 11.8 Å². The van der Waals surface area contributed by atoms with Crippen molar-refractivity contribution in [2.75, 3.05) is 6.61 Å². The second kappa shape index (κ2) is 9.06. The van der Waals surface area contributed by atoms with E-state index in [1.807, 2.05) is 6.07 Å². The standard InChI is InChI=1S/C25H35FO3/c1-3-17-6-8-18(9-7-17)15-28-21-13-12-20-14-22(19-10-4-16(2)5-11-19)29-25(27)23(20)24(21)26/h12-13,16-19,22H,3-11,14-15H2,1-2H3. The van der Waals surface area contributed by atoms with Crippen molar-refractivity contribution in [3.05, 3.63) is 29.1 Å². The number of hydrogen-bond donors (Lipinski definition) is 0. The predicted molar refractivity (Wildman–Crippen MR) is 112 cm³/mol. The zero-order valence-corrected chi connectivity index (χ0v) is 17.9. The summed E-state index contributed by atoms with van der Waals surface area (Å²) < 4.78 is 26.6. The Bertz CT molecular complexity index is 715. The molecule has 2 fully saturated rings. The van der Waals surface area contributed by atoms with Crippen molar-refractivity contribution in [3.63, 3.8) is 0 Å². The summed E-state index contributed by atoms with van der Waals surface area (Å²) in [5.41, 5.74) is 0.871. The van der Waals surface area contributed by atoms with E-state index in [0.717, 1.165) is 43.1 Å². The first-order valence-corrected chi connectivity index (χ1v) is 11.7. The summed E-state index contributed by atoms with van der Waals surface area (Å²) in [6.45, 7) is 5.07. The van der Waals surface area contributed by atoms with Crippen LogP contribution in [0.4, 0.5) is 4.39 Å². The third-order valence-corrected chi connectivity index (χ3v) is 7.68. The third kappa shape index (κ3) is 4.62. The highest BCUT2D eigenvalue weighted by Crippen LogP contribution is 2.38. The van der Waals surface area contributed by atoms with Crippen molar-refractivity contribution in [2.24, 2.45) is 23.7 Å². The highest BCUT2D eigenvalue weighted by molar-refractivity contribution is 5.93. The van der Waals surface area contributed by atoms with Crippen LogP contribution >= 0.6 is 0 Å². The van der Waals surface area contributed by atoms with Crippen LogP contribution < -0.4 is 4.74 Å². The molecule has 1 heterocycles. The number of cyclic esters (lactones) is 1. The third-order valence-electron chi connectivity index (χ3n) is 7.68. The fraction of sp³-hybridized carbons (Fsp3) is 0.720. The van der Waals surface area contributed by atoms with Crippen LogP contribution in [0, 0.1) is 29.5 Å². The summed E-state index contributed by atoms with van der Waals surface area (Å²) in [6.07, 6.45) is 11.1. The van der Waals surface area contributed by atoms with Crippen molar-refractivity contribution in [2.45, 2.75) is 84.2 Å². The molecule has 4 rings (SSSR count). The molecule has 0 spiro atoms. The van der Waals surface area contributed by atoms with Gasteiger partial charge in [-0.2, -0.15) is 0 Å². The number of esters is 1. The Morgan fingerprint density at radius 3 is 2.41 bits per heavy atom. The van der Waals surface area contributed by atoms with Crippen LogP contribution in [0.15, 0.2) is 12.1 Å². The molecule has 2 saturated carbocycles. The molecule has 3 aliphatic rings. The van der Waals surface area contributed by atoms with Gasteiger partial charge in [0.2, 0.25) is 0 Å². The highest BCUT2D eigenvalue weighted by atomic mass is 19.1. The topological polar surface area (TPSA) is 35.5 Å². The van der Waals surface area contributed by atoms with Gasteiger partial charge >= 0.3 is 5.97 Å². The fourth-order valence-electron chi connectivity index (χ4n) is 5.49. The minimum absolute atomic E-state index is 0.0950. The first kappa shape index (κ1) is 20.7. The smallest absolute Gasteiger partial charge is 0.341 e. The first-order chi connectivity index (χ1) is 14.0. The summed E-state index contributed by atoms with van der Waals surface area (Å²) in [5, 5.41) is 0. The van der Waals surface area contributed by atoms with Gasteiger partial charge in [-0.1, -0.05) is 52.0 Å². The second-order valence-corrected chi connectivity index (χ2v) is 9.69. The fourth-order valence-corrected chi connectivity index (χ4v) is 5.49. The summed E-state index contributed by atoms with van der Waals surface area (Å²) in [6, 6.07) is 3.59. The molecule has 1 aliphatic heterocycles. The molecule has 0 radical (unpaired) electrons. The van der Waals surface area contributed by atoms with Gasteiger partial charge in [-0.15, -0.1) is 0 Å². The van der Waals surface area contributed by atoms with Crippen molar-refractivity contribution in [3.8, 4) is 5.75 Å². The van der Waals surface area contributed by atoms with Gasteiger partial charge in [-0.3, -0.25) is 0 Å². The van der Waals surface area contributed by atoms with Gasteiger partial charge in [0, 0.05) is 6.42 Å². The molecule has 0 bridgehead atoms. The maximum Gasteiger partial charge on any atom is 0.341 e. The maximum absolute atomic E-state index is 15.1. The number of hydrogen-bond acceptors (Lipinski definition) is 3. The van der Waals surface area contributed by atoms with Crippen LogP contribution in [0.1, 0.15) is 87.6 Å². The second-order valence-electron chi connectivity index (χ2n) is 9.69. The molecule has 29 heavy (non-hydrogen) atoms. The average molecular weight is 403 g/mol. The zero-order valence-electron chi connectivity index (χ0n) is 17.9. The van der Waals surface area contributed by atoms with Crippen LogP contribution in [-0.2, 0) is 11.2 Å². The molecule has 160 valence electrons. The van der Waals surface area contributed by atoms with Crippen LogP contribution in [0.3, 0.4) is 0 Å². The molecule has 1 atom stereocenters. The van der Waals surface area contributed by atoms with E-state index in [4.69, 9.17) is 9.47 Å². The Labute approximate surface area is 174 Å². The molecule has 2 aliphatic carbocycles. The van der Waals surface area contributed by atoms with Crippen molar-refractivity contribution in [1.29, 1.82) is 0 Å². The van der Waals surface area contributed by atoms with Crippen molar-refractivity contribution in [1.82, 2.24) is 0 Å². The van der Waals surface area contributed by atoms with Crippen LogP contribution in [0.25, 0.3) is 0 Å². The van der Waals surface area contributed by atoms with Gasteiger partial charge in [0.25, 0.3) is 0 Å². The summed E-state index contributed by atoms with van der Waals surface area (Å²) >= 11 is 0. The molecular formula is C25H35FO3. The van der Waals surface area contributed by atoms with E-state index >= 15 is 4.39 Å². The molecule has 1 unspecified atom stereocenters. The maximum atomic E-state index is 15.1. The number of fused-ring (bicyclic) bond motifs is 1. The molecule has 1 aromatic carbocycles. The van der Waals surface area contributed by atoms with Crippen molar-refractivity contribution < 1.29 is 18.7 Å². The van der Waals surface area contributed by atoms with E-state index in [-0.39, 0.29) is 17.4 Å². The lowest BCUT2D eigenvalue weighted by molar-refractivity contribution is -0.000290. The predicted octanol–water partition coefficient (Wildman–Crippen LogP) is 6.33. The van der Waals surface area contributed by atoms with Gasteiger partial charge < -0.3 is 9.47 Å². The summed E-state index contributed by atoms with van der Waals surface area (Å²) in [5.74, 6) is 1.63. The SMILES string of the molecule is CCC1CCC(COc2ccc3c(c2F)C(=O)OC(C2CCC(C)CC2)C3)CC1. The largest absolute Gasteiger partial charge is 0.490 e. The average Bonchev–Trinajstić information content (AvgIpc) is 2.74. The molecule has 0 saturated heterocycles. The molecule has 0 N–H and O–H groups in total. The Morgan fingerprint density at radius 1 is 1.03 bits per heavy atom. The molecule has 1 aromatic rings. The van der Waals surface area contributed by atoms with Gasteiger partial charge in [0.1, 0.15) is 11.7 Å². The van der Waals surface area contributed by atoms with Crippen molar-refractivity contribution >= 4 is 5.97 Å².